The fourth-order valence-corrected chi connectivity index (χ4v) is 2.67. The molecule has 17 heavy (non-hydrogen) atoms. The van der Waals surface area contributed by atoms with E-state index >= 15 is 0 Å². The molecule has 6 heteroatoms. The average molecular weight is 278 g/mol. The SMILES string of the molecule is COc1ccc(Cl)c(NC(C)CS(C)(=O)=O)c1. The van der Waals surface area contributed by atoms with Gasteiger partial charge in [-0.15, -0.1) is 0 Å². The molecule has 1 unspecified atom stereocenters. The summed E-state index contributed by atoms with van der Waals surface area (Å²) in [6.07, 6.45) is 1.21. The van der Waals surface area contributed by atoms with Crippen LogP contribution in [0.25, 0.3) is 0 Å². The normalized spacial score (nSPS) is 13.2. The lowest BCUT2D eigenvalue weighted by atomic mass is 10.2. The molecule has 4 nitrogen and oxygen atoms in total. The van der Waals surface area contributed by atoms with Crippen molar-refractivity contribution in [2.45, 2.75) is 13.0 Å². The number of nitrogens with one attached hydrogen (secondary N) is 1. The Morgan fingerprint density at radius 2 is 2.12 bits per heavy atom. The monoisotopic (exact) mass is 277 g/mol. The number of halogens is 1. The molecule has 0 saturated carbocycles. The van der Waals surface area contributed by atoms with E-state index in [-0.39, 0.29) is 11.8 Å². The molecule has 0 radical (unpaired) electrons. The molecule has 0 spiro atoms. The topological polar surface area (TPSA) is 55.4 Å². The molecule has 1 atom stereocenters. The number of hydrogen-bond acceptors (Lipinski definition) is 4. The summed E-state index contributed by atoms with van der Waals surface area (Å²) in [4.78, 5) is 0. The minimum absolute atomic E-state index is 0.0561. The Hall–Kier alpha value is -0.940. The van der Waals surface area contributed by atoms with Gasteiger partial charge >= 0.3 is 0 Å². The van der Waals surface area contributed by atoms with Crippen LogP contribution in [0, 0.1) is 0 Å². The van der Waals surface area contributed by atoms with E-state index < -0.39 is 9.84 Å². The Bertz CT molecular complexity index is 487. The van der Waals surface area contributed by atoms with E-state index in [1.54, 1.807) is 32.2 Å². The minimum Gasteiger partial charge on any atom is -0.497 e. The van der Waals surface area contributed by atoms with Gasteiger partial charge in [0.25, 0.3) is 0 Å². The van der Waals surface area contributed by atoms with Gasteiger partial charge in [0.15, 0.2) is 0 Å². The van der Waals surface area contributed by atoms with Gasteiger partial charge in [-0.05, 0) is 19.1 Å². The van der Waals surface area contributed by atoms with Gasteiger partial charge in [0.2, 0.25) is 0 Å². The smallest absolute Gasteiger partial charge is 0.149 e. The standard InChI is InChI=1S/C11H16ClNO3S/c1-8(7-17(3,14)15)13-11-6-9(16-2)4-5-10(11)12/h4-6,8,13H,7H2,1-3H3. The molecule has 96 valence electrons. The number of benzene rings is 1. The van der Waals surface area contributed by atoms with Crippen LogP contribution in [-0.2, 0) is 9.84 Å². The minimum atomic E-state index is -3.01. The quantitative estimate of drug-likeness (QED) is 0.896. The van der Waals surface area contributed by atoms with Gasteiger partial charge < -0.3 is 10.1 Å². The lowest BCUT2D eigenvalue weighted by Crippen LogP contribution is -2.25. The van der Waals surface area contributed by atoms with Gasteiger partial charge in [-0.3, -0.25) is 0 Å². The molecule has 0 aliphatic heterocycles. The average Bonchev–Trinajstić information content (AvgIpc) is 2.18. The van der Waals surface area contributed by atoms with Crippen LogP contribution >= 0.6 is 11.6 Å². The lowest BCUT2D eigenvalue weighted by Gasteiger charge is -2.16. The van der Waals surface area contributed by atoms with Crippen molar-refractivity contribution >= 4 is 27.1 Å². The van der Waals surface area contributed by atoms with Gasteiger partial charge in [-0.2, -0.15) is 0 Å². The zero-order chi connectivity index (χ0) is 13.1. The number of anilines is 1. The summed E-state index contributed by atoms with van der Waals surface area (Å²) < 4.78 is 27.4. The van der Waals surface area contributed by atoms with Crippen molar-refractivity contribution < 1.29 is 13.2 Å². The van der Waals surface area contributed by atoms with Crippen LogP contribution in [0.5, 0.6) is 5.75 Å². The Morgan fingerprint density at radius 3 is 2.65 bits per heavy atom. The maximum absolute atomic E-state index is 11.1. The molecule has 1 aromatic carbocycles. The number of hydrogen-bond donors (Lipinski definition) is 1. The van der Waals surface area contributed by atoms with Crippen LogP contribution in [0.3, 0.4) is 0 Å². The molecule has 0 aliphatic carbocycles. The number of rotatable bonds is 5. The van der Waals surface area contributed by atoms with Gasteiger partial charge in [-0.1, -0.05) is 11.6 Å². The molecule has 1 aromatic rings. The third kappa shape index (κ3) is 4.83. The zero-order valence-corrected chi connectivity index (χ0v) is 11.6. The van der Waals surface area contributed by atoms with E-state index in [2.05, 4.69) is 5.32 Å². The van der Waals surface area contributed by atoms with Crippen LogP contribution in [0.1, 0.15) is 6.92 Å². The first-order valence-corrected chi connectivity index (χ1v) is 7.53. The summed E-state index contributed by atoms with van der Waals surface area (Å²) in [5, 5.41) is 3.58. The van der Waals surface area contributed by atoms with Gasteiger partial charge in [0.05, 0.1) is 23.6 Å². The third-order valence-corrected chi connectivity index (χ3v) is 3.56. The maximum atomic E-state index is 11.1. The molecule has 0 heterocycles. The molecule has 0 aromatic heterocycles. The van der Waals surface area contributed by atoms with Crippen molar-refractivity contribution in [2.75, 3.05) is 24.4 Å². The number of sulfone groups is 1. The zero-order valence-electron chi connectivity index (χ0n) is 10.0. The van der Waals surface area contributed by atoms with E-state index in [1.165, 1.54) is 6.26 Å². The van der Waals surface area contributed by atoms with Crippen molar-refractivity contribution in [1.82, 2.24) is 0 Å². The predicted octanol–water partition coefficient (Wildman–Crippen LogP) is 2.19. The van der Waals surface area contributed by atoms with Crippen LogP contribution in [-0.4, -0.2) is 33.6 Å². The molecule has 0 fully saturated rings. The van der Waals surface area contributed by atoms with E-state index in [4.69, 9.17) is 16.3 Å². The van der Waals surface area contributed by atoms with Crippen LogP contribution < -0.4 is 10.1 Å². The summed E-state index contributed by atoms with van der Waals surface area (Å²) in [6.45, 7) is 1.79. The van der Waals surface area contributed by atoms with E-state index in [9.17, 15) is 8.42 Å². The van der Waals surface area contributed by atoms with Crippen LogP contribution in [0.4, 0.5) is 5.69 Å². The highest BCUT2D eigenvalue weighted by atomic mass is 35.5. The second kappa shape index (κ2) is 5.60. The van der Waals surface area contributed by atoms with Gasteiger partial charge in [0, 0.05) is 18.4 Å². The molecular formula is C11H16ClNO3S. The van der Waals surface area contributed by atoms with Crippen molar-refractivity contribution in [3.63, 3.8) is 0 Å². The highest BCUT2D eigenvalue weighted by Gasteiger charge is 2.12. The largest absolute Gasteiger partial charge is 0.497 e. The lowest BCUT2D eigenvalue weighted by molar-refractivity contribution is 0.415. The molecule has 0 aliphatic rings. The Labute approximate surface area is 107 Å². The first-order valence-electron chi connectivity index (χ1n) is 5.09. The first-order chi connectivity index (χ1) is 7.81. The van der Waals surface area contributed by atoms with Crippen molar-refractivity contribution in [3.8, 4) is 5.75 Å². The molecule has 1 rings (SSSR count). The Morgan fingerprint density at radius 1 is 1.47 bits per heavy atom. The summed E-state index contributed by atoms with van der Waals surface area (Å²) in [7, 11) is -1.45. The third-order valence-electron chi connectivity index (χ3n) is 2.13. The summed E-state index contributed by atoms with van der Waals surface area (Å²) >= 11 is 6.00. The van der Waals surface area contributed by atoms with Crippen LogP contribution in [0.2, 0.25) is 5.02 Å². The summed E-state index contributed by atoms with van der Waals surface area (Å²) in [5.74, 6) is 0.726. The van der Waals surface area contributed by atoms with Gasteiger partial charge in [0.1, 0.15) is 15.6 Å². The summed E-state index contributed by atoms with van der Waals surface area (Å²) in [6, 6.07) is 4.97. The first kappa shape index (κ1) is 14.1. The Kier molecular flexibility index (Phi) is 4.65. The molecule has 1 N–H and O–H groups in total. The molecule has 0 saturated heterocycles. The van der Waals surface area contributed by atoms with E-state index in [0.717, 1.165) is 0 Å². The maximum Gasteiger partial charge on any atom is 0.149 e. The molecule has 0 amide bonds. The van der Waals surface area contributed by atoms with E-state index in [0.29, 0.717) is 16.5 Å². The second-order valence-electron chi connectivity index (χ2n) is 3.98. The number of ether oxygens (including phenoxy) is 1. The Balaban J connectivity index is 2.80. The van der Waals surface area contributed by atoms with Crippen molar-refractivity contribution in [2.24, 2.45) is 0 Å². The molecule has 0 bridgehead atoms. The van der Waals surface area contributed by atoms with Crippen molar-refractivity contribution in [3.05, 3.63) is 23.2 Å². The fraction of sp³-hybridized carbons (Fsp3) is 0.455. The second-order valence-corrected chi connectivity index (χ2v) is 6.58. The number of methoxy groups -OCH3 is 1. The highest BCUT2D eigenvalue weighted by molar-refractivity contribution is 7.90. The molecular weight excluding hydrogens is 262 g/mol. The van der Waals surface area contributed by atoms with E-state index in [1.807, 2.05) is 0 Å². The van der Waals surface area contributed by atoms with Gasteiger partial charge in [-0.25, -0.2) is 8.42 Å². The van der Waals surface area contributed by atoms with Crippen LogP contribution in [0.15, 0.2) is 18.2 Å². The fourth-order valence-electron chi connectivity index (χ4n) is 1.50. The van der Waals surface area contributed by atoms with Crippen molar-refractivity contribution in [1.29, 1.82) is 0 Å². The highest BCUT2D eigenvalue weighted by Crippen LogP contribution is 2.27. The summed E-state index contributed by atoms with van der Waals surface area (Å²) in [5.41, 5.74) is 0.669. The predicted molar refractivity (Wildman–Crippen MR) is 70.8 cm³/mol.